The van der Waals surface area contributed by atoms with Crippen molar-refractivity contribution in [2.45, 2.75) is 18.3 Å². The Hall–Kier alpha value is -1.09. The van der Waals surface area contributed by atoms with Crippen molar-refractivity contribution >= 4 is 10.0 Å². The summed E-state index contributed by atoms with van der Waals surface area (Å²) in [5, 5.41) is 0. The molecule has 1 aromatic rings. The molecule has 5 nitrogen and oxygen atoms in total. The van der Waals surface area contributed by atoms with Crippen molar-refractivity contribution in [3.05, 3.63) is 35.4 Å². The number of sulfonamides is 1. The molecule has 1 atom stereocenters. The molecule has 2 saturated heterocycles. The highest BCUT2D eigenvalue weighted by Crippen LogP contribution is 2.23. The van der Waals surface area contributed by atoms with Gasteiger partial charge in [-0.1, -0.05) is 0 Å². The van der Waals surface area contributed by atoms with Gasteiger partial charge in [0.1, 0.15) is 11.6 Å². The number of hydrogen-bond donors (Lipinski definition) is 0. The lowest BCUT2D eigenvalue weighted by Crippen LogP contribution is -2.55. The van der Waals surface area contributed by atoms with Gasteiger partial charge >= 0.3 is 0 Å². The van der Waals surface area contributed by atoms with E-state index in [0.717, 1.165) is 31.2 Å². The van der Waals surface area contributed by atoms with Crippen LogP contribution >= 0.6 is 0 Å². The van der Waals surface area contributed by atoms with Crippen molar-refractivity contribution in [3.8, 4) is 0 Å². The zero-order valence-corrected chi connectivity index (χ0v) is 13.4. The predicted octanol–water partition coefficient (Wildman–Crippen LogP) is 1.53. The molecule has 0 aromatic heterocycles. The minimum Gasteiger partial charge on any atom is -0.381 e. The average molecular weight is 347 g/mol. The van der Waals surface area contributed by atoms with Crippen LogP contribution in [-0.2, 0) is 25.2 Å². The number of hydrogen-bond acceptors (Lipinski definition) is 4. The number of benzene rings is 1. The van der Waals surface area contributed by atoms with Crippen LogP contribution in [0.15, 0.2) is 18.2 Å². The van der Waals surface area contributed by atoms with Gasteiger partial charge in [-0.25, -0.2) is 17.2 Å². The maximum atomic E-state index is 13.6. The van der Waals surface area contributed by atoms with Gasteiger partial charge in [0.25, 0.3) is 0 Å². The minimum atomic E-state index is -3.66. The summed E-state index contributed by atoms with van der Waals surface area (Å²) in [6.45, 7) is 2.52. The summed E-state index contributed by atoms with van der Waals surface area (Å²) < 4.78 is 63.3. The molecular weight excluding hydrogens is 328 g/mol. The standard InChI is InChI=1S/C15H19F2NO4S/c16-13-1-2-15(17)12(5-13)10-23(19,20)18-6-14(7-18)22-9-11-3-4-21-8-11/h1-2,5,11,14H,3-4,6-10H2. The fourth-order valence-electron chi connectivity index (χ4n) is 2.66. The summed E-state index contributed by atoms with van der Waals surface area (Å²) in [6, 6.07) is 2.82. The molecule has 2 aliphatic heterocycles. The lowest BCUT2D eigenvalue weighted by molar-refractivity contribution is -0.0355. The van der Waals surface area contributed by atoms with E-state index in [-0.39, 0.29) is 24.8 Å². The maximum absolute atomic E-state index is 13.6. The largest absolute Gasteiger partial charge is 0.381 e. The van der Waals surface area contributed by atoms with Gasteiger partial charge in [0.05, 0.1) is 25.1 Å². The fourth-order valence-corrected chi connectivity index (χ4v) is 4.25. The molecule has 0 saturated carbocycles. The summed E-state index contributed by atoms with van der Waals surface area (Å²) in [5.41, 5.74) is -0.155. The van der Waals surface area contributed by atoms with E-state index in [9.17, 15) is 17.2 Å². The molecular formula is C15H19F2NO4S. The predicted molar refractivity (Wildman–Crippen MR) is 79.2 cm³/mol. The fraction of sp³-hybridized carbons (Fsp3) is 0.600. The van der Waals surface area contributed by atoms with E-state index >= 15 is 0 Å². The second-order valence-corrected chi connectivity index (χ2v) is 7.96. The van der Waals surface area contributed by atoms with Crippen LogP contribution in [0, 0.1) is 17.6 Å². The number of nitrogens with zero attached hydrogens (tertiary/aromatic N) is 1. The Kier molecular flexibility index (Phi) is 4.96. The Bertz CT molecular complexity index is 655. The molecule has 3 rings (SSSR count). The second kappa shape index (κ2) is 6.80. The van der Waals surface area contributed by atoms with Crippen LogP contribution in [-0.4, -0.2) is 51.7 Å². The van der Waals surface area contributed by atoms with E-state index < -0.39 is 27.4 Å². The number of ether oxygens (including phenoxy) is 2. The first-order chi connectivity index (χ1) is 10.9. The van der Waals surface area contributed by atoms with E-state index in [1.54, 1.807) is 0 Å². The van der Waals surface area contributed by atoms with Gasteiger partial charge in [0, 0.05) is 31.2 Å². The van der Waals surface area contributed by atoms with Gasteiger partial charge < -0.3 is 9.47 Å². The van der Waals surface area contributed by atoms with Crippen molar-refractivity contribution in [2.24, 2.45) is 5.92 Å². The first-order valence-corrected chi connectivity index (χ1v) is 9.16. The lowest BCUT2D eigenvalue weighted by Gasteiger charge is -2.38. The molecule has 2 aliphatic rings. The maximum Gasteiger partial charge on any atom is 0.218 e. The molecule has 1 unspecified atom stereocenters. The summed E-state index contributed by atoms with van der Waals surface area (Å²) >= 11 is 0. The number of halogens is 2. The summed E-state index contributed by atoms with van der Waals surface area (Å²) in [6.07, 6.45) is 0.829. The Balaban J connectivity index is 1.50. The molecule has 8 heteroatoms. The van der Waals surface area contributed by atoms with Crippen molar-refractivity contribution in [3.63, 3.8) is 0 Å². The highest BCUT2D eigenvalue weighted by atomic mass is 32.2. The molecule has 1 aromatic carbocycles. The molecule has 128 valence electrons. The van der Waals surface area contributed by atoms with Gasteiger partial charge in [-0.15, -0.1) is 0 Å². The average Bonchev–Trinajstić information content (AvgIpc) is 2.94. The van der Waals surface area contributed by atoms with Crippen LogP contribution in [0.2, 0.25) is 0 Å². The third-order valence-electron chi connectivity index (χ3n) is 4.15. The Labute approximate surface area is 134 Å². The van der Waals surface area contributed by atoms with Gasteiger partial charge in [-0.05, 0) is 24.6 Å². The van der Waals surface area contributed by atoms with E-state index in [4.69, 9.17) is 9.47 Å². The van der Waals surface area contributed by atoms with Crippen LogP contribution in [0.3, 0.4) is 0 Å². The normalized spacial score (nSPS) is 23.1. The van der Waals surface area contributed by atoms with E-state index in [1.165, 1.54) is 4.31 Å². The molecule has 23 heavy (non-hydrogen) atoms. The second-order valence-electron chi connectivity index (χ2n) is 5.99. The van der Waals surface area contributed by atoms with Crippen LogP contribution < -0.4 is 0 Å². The molecule has 2 fully saturated rings. The van der Waals surface area contributed by atoms with Gasteiger partial charge in [-0.3, -0.25) is 0 Å². The van der Waals surface area contributed by atoms with Crippen molar-refractivity contribution in [1.82, 2.24) is 4.31 Å². The molecule has 2 heterocycles. The zero-order chi connectivity index (χ0) is 16.4. The van der Waals surface area contributed by atoms with Crippen LogP contribution in [0.1, 0.15) is 12.0 Å². The third kappa shape index (κ3) is 4.06. The smallest absolute Gasteiger partial charge is 0.218 e. The first kappa shape index (κ1) is 16.8. The molecule has 0 aliphatic carbocycles. The molecule has 0 N–H and O–H groups in total. The summed E-state index contributed by atoms with van der Waals surface area (Å²) in [7, 11) is -3.66. The van der Waals surface area contributed by atoms with Gasteiger partial charge in [0.2, 0.25) is 10.0 Å². The van der Waals surface area contributed by atoms with Crippen molar-refractivity contribution in [1.29, 1.82) is 0 Å². The minimum absolute atomic E-state index is 0.136. The summed E-state index contributed by atoms with van der Waals surface area (Å²) in [5.74, 6) is -1.54. The number of rotatable bonds is 6. The van der Waals surface area contributed by atoms with Gasteiger partial charge in [0.15, 0.2) is 0 Å². The molecule has 0 bridgehead atoms. The Morgan fingerprint density at radius 1 is 1.30 bits per heavy atom. The summed E-state index contributed by atoms with van der Waals surface area (Å²) in [4.78, 5) is 0. The van der Waals surface area contributed by atoms with E-state index in [1.807, 2.05) is 0 Å². The van der Waals surface area contributed by atoms with Crippen molar-refractivity contribution < 1.29 is 26.7 Å². The highest BCUT2D eigenvalue weighted by Gasteiger charge is 2.37. The van der Waals surface area contributed by atoms with Crippen LogP contribution in [0.5, 0.6) is 0 Å². The Morgan fingerprint density at radius 3 is 2.78 bits per heavy atom. The van der Waals surface area contributed by atoms with Crippen molar-refractivity contribution in [2.75, 3.05) is 32.9 Å². The lowest BCUT2D eigenvalue weighted by atomic mass is 10.1. The van der Waals surface area contributed by atoms with Crippen LogP contribution in [0.4, 0.5) is 8.78 Å². The first-order valence-electron chi connectivity index (χ1n) is 7.55. The zero-order valence-electron chi connectivity index (χ0n) is 12.6. The molecule has 0 spiro atoms. The topological polar surface area (TPSA) is 55.8 Å². The van der Waals surface area contributed by atoms with E-state index in [2.05, 4.69) is 0 Å². The highest BCUT2D eigenvalue weighted by molar-refractivity contribution is 7.88. The SMILES string of the molecule is O=S(=O)(Cc1cc(F)ccc1F)N1CC(OCC2CCOC2)C1. The molecule has 0 amide bonds. The van der Waals surface area contributed by atoms with Crippen LogP contribution in [0.25, 0.3) is 0 Å². The van der Waals surface area contributed by atoms with E-state index in [0.29, 0.717) is 19.1 Å². The van der Waals surface area contributed by atoms with Gasteiger partial charge in [-0.2, -0.15) is 4.31 Å². The Morgan fingerprint density at radius 2 is 2.09 bits per heavy atom. The monoisotopic (exact) mass is 347 g/mol. The molecule has 0 radical (unpaired) electrons. The quantitative estimate of drug-likeness (QED) is 0.783. The third-order valence-corrected chi connectivity index (χ3v) is 5.91.